The second kappa shape index (κ2) is 3.74. The van der Waals surface area contributed by atoms with Crippen molar-refractivity contribution < 1.29 is 0 Å². The van der Waals surface area contributed by atoms with Crippen molar-refractivity contribution in [1.29, 1.82) is 0 Å². The molecule has 1 heterocycles. The van der Waals surface area contributed by atoms with Crippen molar-refractivity contribution in [2.45, 2.75) is 26.2 Å². The van der Waals surface area contributed by atoms with Gasteiger partial charge >= 0.3 is 0 Å². The van der Waals surface area contributed by atoms with E-state index in [1.54, 1.807) is 0 Å². The van der Waals surface area contributed by atoms with Gasteiger partial charge in [-0.25, -0.2) is 4.98 Å². The molecule has 2 rings (SSSR count). The average Bonchev–Trinajstić information content (AvgIpc) is 2.27. The quantitative estimate of drug-likeness (QED) is 0.720. The van der Waals surface area contributed by atoms with Crippen LogP contribution < -0.4 is 0 Å². The first-order valence-electron chi connectivity index (χ1n) is 5.03. The topological polar surface area (TPSA) is 25.8 Å². The monoisotopic (exact) mass is 186 g/mol. The van der Waals surface area contributed by atoms with Crippen molar-refractivity contribution in [3.63, 3.8) is 0 Å². The highest BCUT2D eigenvalue weighted by molar-refractivity contribution is 5.73. The van der Waals surface area contributed by atoms with Crippen LogP contribution in [0, 0.1) is 0 Å². The molecule has 0 radical (unpaired) electrons. The van der Waals surface area contributed by atoms with Crippen molar-refractivity contribution in [3.8, 4) is 0 Å². The van der Waals surface area contributed by atoms with E-state index in [1.807, 2.05) is 30.5 Å². The molecule has 2 aromatic rings. The van der Waals surface area contributed by atoms with Gasteiger partial charge in [0.05, 0.1) is 16.7 Å². The normalized spacial score (nSPS) is 13.0. The molecule has 1 aromatic carbocycles. The lowest BCUT2D eigenvalue weighted by Gasteiger charge is -2.07. The number of nitrogens with zero attached hydrogens (tertiary/aromatic N) is 2. The number of fused-ring (bicyclic) bond motifs is 1. The van der Waals surface area contributed by atoms with E-state index in [0.717, 1.165) is 23.1 Å². The zero-order chi connectivity index (χ0) is 9.97. The molecule has 0 spiro atoms. The molecular weight excluding hydrogens is 172 g/mol. The Morgan fingerprint density at radius 3 is 2.64 bits per heavy atom. The van der Waals surface area contributed by atoms with Gasteiger partial charge in [0.25, 0.3) is 0 Å². The summed E-state index contributed by atoms with van der Waals surface area (Å²) in [4.78, 5) is 8.97. The Hall–Kier alpha value is -1.44. The number of hydrogen-bond acceptors (Lipinski definition) is 2. The van der Waals surface area contributed by atoms with Gasteiger partial charge in [0.15, 0.2) is 0 Å². The molecule has 72 valence electrons. The summed E-state index contributed by atoms with van der Waals surface area (Å²) < 4.78 is 0. The third-order valence-corrected chi connectivity index (χ3v) is 2.58. The maximum Gasteiger partial charge on any atom is 0.0890 e. The summed E-state index contributed by atoms with van der Waals surface area (Å²) >= 11 is 0. The molecule has 0 aliphatic carbocycles. The molecule has 0 fully saturated rings. The first-order valence-corrected chi connectivity index (χ1v) is 5.03. The van der Waals surface area contributed by atoms with Crippen LogP contribution in [0.3, 0.4) is 0 Å². The molecule has 0 N–H and O–H groups in total. The van der Waals surface area contributed by atoms with E-state index >= 15 is 0 Å². The van der Waals surface area contributed by atoms with Crippen LogP contribution in [0.2, 0.25) is 0 Å². The third kappa shape index (κ3) is 1.60. The summed E-state index contributed by atoms with van der Waals surface area (Å²) in [6.45, 7) is 4.35. The molecule has 2 nitrogen and oxygen atoms in total. The fourth-order valence-corrected chi connectivity index (χ4v) is 1.42. The van der Waals surface area contributed by atoms with E-state index in [2.05, 4.69) is 23.8 Å². The zero-order valence-corrected chi connectivity index (χ0v) is 8.57. The van der Waals surface area contributed by atoms with Gasteiger partial charge in [0.1, 0.15) is 0 Å². The predicted octanol–water partition coefficient (Wildman–Crippen LogP) is 3.14. The van der Waals surface area contributed by atoms with Crippen LogP contribution in [-0.4, -0.2) is 9.97 Å². The number of aromatic nitrogens is 2. The summed E-state index contributed by atoms with van der Waals surface area (Å²) in [5.74, 6) is 0.493. The fourth-order valence-electron chi connectivity index (χ4n) is 1.42. The maximum absolute atomic E-state index is 4.58. The molecule has 0 bridgehead atoms. The van der Waals surface area contributed by atoms with Crippen LogP contribution in [0.1, 0.15) is 31.9 Å². The number of benzene rings is 1. The SMILES string of the molecule is CCC(C)c1cnc2ccccc2n1. The lowest BCUT2D eigenvalue weighted by molar-refractivity contribution is 0.708. The molecule has 14 heavy (non-hydrogen) atoms. The molecule has 0 saturated carbocycles. The fraction of sp³-hybridized carbons (Fsp3) is 0.333. The van der Waals surface area contributed by atoms with Gasteiger partial charge < -0.3 is 0 Å². The van der Waals surface area contributed by atoms with Gasteiger partial charge in [0.2, 0.25) is 0 Å². The average molecular weight is 186 g/mol. The maximum atomic E-state index is 4.58. The van der Waals surface area contributed by atoms with Crippen LogP contribution in [-0.2, 0) is 0 Å². The Bertz CT molecular complexity index is 437. The summed E-state index contributed by atoms with van der Waals surface area (Å²) in [7, 11) is 0. The van der Waals surface area contributed by atoms with E-state index < -0.39 is 0 Å². The van der Waals surface area contributed by atoms with Crippen molar-refractivity contribution >= 4 is 11.0 Å². The van der Waals surface area contributed by atoms with E-state index in [9.17, 15) is 0 Å². The van der Waals surface area contributed by atoms with Crippen molar-refractivity contribution in [1.82, 2.24) is 9.97 Å². The lowest BCUT2D eigenvalue weighted by atomic mass is 10.1. The Labute approximate surface area is 84.0 Å². The Morgan fingerprint density at radius 1 is 1.21 bits per heavy atom. The van der Waals surface area contributed by atoms with Gasteiger partial charge in [-0.15, -0.1) is 0 Å². The van der Waals surface area contributed by atoms with Crippen molar-refractivity contribution in [2.75, 3.05) is 0 Å². The van der Waals surface area contributed by atoms with Crippen LogP contribution in [0.25, 0.3) is 11.0 Å². The molecule has 1 unspecified atom stereocenters. The Balaban J connectivity index is 2.51. The molecule has 1 atom stereocenters. The molecular formula is C12H14N2. The summed E-state index contributed by atoms with van der Waals surface area (Å²) in [5.41, 5.74) is 3.05. The van der Waals surface area contributed by atoms with E-state index in [-0.39, 0.29) is 0 Å². The van der Waals surface area contributed by atoms with Crippen molar-refractivity contribution in [3.05, 3.63) is 36.2 Å². The minimum Gasteiger partial charge on any atom is -0.253 e. The first kappa shape index (κ1) is 9.13. The van der Waals surface area contributed by atoms with Crippen molar-refractivity contribution in [2.24, 2.45) is 0 Å². The standard InChI is InChI=1S/C12H14N2/c1-3-9(2)12-8-13-10-6-4-5-7-11(10)14-12/h4-9H,3H2,1-2H3. The lowest BCUT2D eigenvalue weighted by Crippen LogP contribution is -1.97. The molecule has 0 amide bonds. The smallest absolute Gasteiger partial charge is 0.0890 e. The molecule has 1 aromatic heterocycles. The highest BCUT2D eigenvalue weighted by Crippen LogP contribution is 2.17. The Kier molecular flexibility index (Phi) is 2.44. The van der Waals surface area contributed by atoms with Crippen LogP contribution in [0.5, 0.6) is 0 Å². The Morgan fingerprint density at radius 2 is 1.93 bits per heavy atom. The second-order valence-corrected chi connectivity index (χ2v) is 3.59. The van der Waals surface area contributed by atoms with E-state index in [1.165, 1.54) is 0 Å². The van der Waals surface area contributed by atoms with E-state index in [4.69, 9.17) is 0 Å². The first-order chi connectivity index (χ1) is 6.81. The van der Waals surface area contributed by atoms with E-state index in [0.29, 0.717) is 5.92 Å². The van der Waals surface area contributed by atoms with Gasteiger partial charge in [-0.1, -0.05) is 26.0 Å². The van der Waals surface area contributed by atoms with Crippen LogP contribution >= 0.6 is 0 Å². The predicted molar refractivity (Wildman–Crippen MR) is 58.2 cm³/mol. The third-order valence-electron chi connectivity index (χ3n) is 2.58. The zero-order valence-electron chi connectivity index (χ0n) is 8.57. The summed E-state index contributed by atoms with van der Waals surface area (Å²) in [5, 5.41) is 0. The van der Waals surface area contributed by atoms with Gasteiger partial charge in [-0.2, -0.15) is 0 Å². The second-order valence-electron chi connectivity index (χ2n) is 3.59. The van der Waals surface area contributed by atoms with Gasteiger partial charge in [-0.3, -0.25) is 4.98 Å². The molecule has 0 aliphatic heterocycles. The number of para-hydroxylation sites is 2. The summed E-state index contributed by atoms with van der Waals surface area (Å²) in [6, 6.07) is 7.98. The minimum atomic E-state index is 0.493. The largest absolute Gasteiger partial charge is 0.253 e. The van der Waals surface area contributed by atoms with Gasteiger partial charge in [-0.05, 0) is 24.5 Å². The molecule has 2 heteroatoms. The molecule has 0 saturated heterocycles. The highest BCUT2D eigenvalue weighted by atomic mass is 14.8. The summed E-state index contributed by atoms with van der Waals surface area (Å²) in [6.07, 6.45) is 2.99. The highest BCUT2D eigenvalue weighted by Gasteiger charge is 2.05. The number of rotatable bonds is 2. The van der Waals surface area contributed by atoms with Crippen LogP contribution in [0.4, 0.5) is 0 Å². The minimum absolute atomic E-state index is 0.493. The molecule has 0 aliphatic rings. The number of hydrogen-bond donors (Lipinski definition) is 0. The van der Waals surface area contributed by atoms with Gasteiger partial charge in [0, 0.05) is 6.20 Å². The van der Waals surface area contributed by atoms with Crippen LogP contribution in [0.15, 0.2) is 30.5 Å².